The van der Waals surface area contributed by atoms with Gasteiger partial charge in [0, 0.05) is 22.7 Å². The van der Waals surface area contributed by atoms with Crippen molar-refractivity contribution in [2.24, 2.45) is 0 Å². The second-order valence-electron chi connectivity index (χ2n) is 6.90. The number of nitrogens with one attached hydrogen (secondary N) is 1. The van der Waals surface area contributed by atoms with Gasteiger partial charge >= 0.3 is 0 Å². The van der Waals surface area contributed by atoms with Crippen molar-refractivity contribution in [3.05, 3.63) is 94.5 Å². The Kier molecular flexibility index (Phi) is 7.14. The molecular formula is C24H24ClNO3. The van der Waals surface area contributed by atoms with Crippen molar-refractivity contribution in [1.29, 1.82) is 0 Å². The van der Waals surface area contributed by atoms with E-state index in [1.165, 1.54) is 0 Å². The Bertz CT molecular complexity index is 937. The SMILES string of the molecule is CC(C)Oc1ccc(CNC(=O)c2ccc(OCc3ccccc3Cl)cc2)cc1. The smallest absolute Gasteiger partial charge is 0.251 e. The van der Waals surface area contributed by atoms with Crippen LogP contribution in [0.2, 0.25) is 5.02 Å². The molecule has 29 heavy (non-hydrogen) atoms. The number of amides is 1. The molecule has 3 aromatic rings. The van der Waals surface area contributed by atoms with Gasteiger partial charge in [0.15, 0.2) is 0 Å². The molecule has 0 aliphatic carbocycles. The Balaban J connectivity index is 1.50. The zero-order valence-corrected chi connectivity index (χ0v) is 17.3. The lowest BCUT2D eigenvalue weighted by molar-refractivity contribution is 0.0951. The summed E-state index contributed by atoms with van der Waals surface area (Å²) in [5.74, 6) is 1.37. The van der Waals surface area contributed by atoms with Crippen molar-refractivity contribution in [3.63, 3.8) is 0 Å². The Labute approximate surface area is 176 Å². The number of ether oxygens (including phenoxy) is 2. The highest BCUT2D eigenvalue weighted by molar-refractivity contribution is 6.31. The van der Waals surface area contributed by atoms with Crippen LogP contribution in [0.3, 0.4) is 0 Å². The summed E-state index contributed by atoms with van der Waals surface area (Å²) in [5, 5.41) is 3.60. The minimum Gasteiger partial charge on any atom is -0.491 e. The van der Waals surface area contributed by atoms with Gasteiger partial charge in [0.05, 0.1) is 6.10 Å². The first-order valence-corrected chi connectivity index (χ1v) is 9.89. The van der Waals surface area contributed by atoms with Gasteiger partial charge in [-0.3, -0.25) is 4.79 Å². The number of rotatable bonds is 8. The van der Waals surface area contributed by atoms with E-state index in [9.17, 15) is 4.79 Å². The molecule has 0 saturated carbocycles. The van der Waals surface area contributed by atoms with Gasteiger partial charge in [0.25, 0.3) is 5.91 Å². The van der Waals surface area contributed by atoms with E-state index in [1.807, 2.05) is 62.4 Å². The lowest BCUT2D eigenvalue weighted by atomic mass is 10.2. The van der Waals surface area contributed by atoms with Gasteiger partial charge in [-0.25, -0.2) is 0 Å². The van der Waals surface area contributed by atoms with Gasteiger partial charge in [-0.2, -0.15) is 0 Å². The molecule has 0 spiro atoms. The Morgan fingerprint density at radius 1 is 0.931 bits per heavy atom. The molecule has 0 aliphatic heterocycles. The number of hydrogen-bond donors (Lipinski definition) is 1. The van der Waals surface area contributed by atoms with Crippen molar-refractivity contribution < 1.29 is 14.3 Å². The number of benzene rings is 3. The van der Waals surface area contributed by atoms with Crippen LogP contribution in [0.5, 0.6) is 11.5 Å². The van der Waals surface area contributed by atoms with Crippen molar-refractivity contribution >= 4 is 17.5 Å². The van der Waals surface area contributed by atoms with Crippen LogP contribution in [-0.4, -0.2) is 12.0 Å². The molecule has 0 heterocycles. The van der Waals surface area contributed by atoms with Crippen LogP contribution >= 0.6 is 11.6 Å². The topological polar surface area (TPSA) is 47.6 Å². The Morgan fingerprint density at radius 3 is 2.24 bits per heavy atom. The summed E-state index contributed by atoms with van der Waals surface area (Å²) in [7, 11) is 0. The number of carbonyl (C=O) groups excluding carboxylic acids is 1. The van der Waals surface area contributed by atoms with E-state index in [4.69, 9.17) is 21.1 Å². The number of halogens is 1. The largest absolute Gasteiger partial charge is 0.491 e. The van der Waals surface area contributed by atoms with Crippen molar-refractivity contribution in [1.82, 2.24) is 5.32 Å². The van der Waals surface area contributed by atoms with Crippen LogP contribution in [0.15, 0.2) is 72.8 Å². The molecule has 0 aromatic heterocycles. The summed E-state index contributed by atoms with van der Waals surface area (Å²) >= 11 is 6.13. The van der Waals surface area contributed by atoms with E-state index < -0.39 is 0 Å². The molecule has 0 aliphatic rings. The first-order valence-electron chi connectivity index (χ1n) is 9.51. The molecule has 0 radical (unpaired) electrons. The molecular weight excluding hydrogens is 386 g/mol. The minimum absolute atomic E-state index is 0.134. The summed E-state index contributed by atoms with van der Waals surface area (Å²) in [6.07, 6.45) is 0.136. The zero-order valence-electron chi connectivity index (χ0n) is 16.5. The van der Waals surface area contributed by atoms with E-state index in [1.54, 1.807) is 24.3 Å². The van der Waals surface area contributed by atoms with Gasteiger partial charge in [0.1, 0.15) is 18.1 Å². The van der Waals surface area contributed by atoms with Crippen molar-refractivity contribution in [3.8, 4) is 11.5 Å². The predicted octanol–water partition coefficient (Wildman–Crippen LogP) is 5.64. The molecule has 5 heteroatoms. The van der Waals surface area contributed by atoms with E-state index in [2.05, 4.69) is 5.32 Å². The van der Waals surface area contributed by atoms with Crippen molar-refractivity contribution in [2.75, 3.05) is 0 Å². The van der Waals surface area contributed by atoms with E-state index >= 15 is 0 Å². The molecule has 0 atom stereocenters. The summed E-state index contributed by atoms with van der Waals surface area (Å²) in [4.78, 5) is 12.4. The zero-order chi connectivity index (χ0) is 20.6. The van der Waals surface area contributed by atoms with E-state index in [-0.39, 0.29) is 12.0 Å². The van der Waals surface area contributed by atoms with Crippen LogP contribution < -0.4 is 14.8 Å². The van der Waals surface area contributed by atoms with Crippen molar-refractivity contribution in [2.45, 2.75) is 33.1 Å². The second kappa shape index (κ2) is 9.99. The normalized spacial score (nSPS) is 10.6. The monoisotopic (exact) mass is 409 g/mol. The highest BCUT2D eigenvalue weighted by Gasteiger charge is 2.07. The number of carbonyl (C=O) groups is 1. The first-order chi connectivity index (χ1) is 14.0. The lowest BCUT2D eigenvalue weighted by Crippen LogP contribution is -2.22. The molecule has 3 rings (SSSR count). The maximum absolute atomic E-state index is 12.4. The van der Waals surface area contributed by atoms with Gasteiger partial charge in [0.2, 0.25) is 0 Å². The van der Waals surface area contributed by atoms with Crippen LogP contribution in [0.4, 0.5) is 0 Å². The van der Waals surface area contributed by atoms with Crippen LogP contribution in [0, 0.1) is 0 Å². The summed E-state index contributed by atoms with van der Waals surface area (Å²) < 4.78 is 11.4. The second-order valence-corrected chi connectivity index (χ2v) is 7.30. The van der Waals surface area contributed by atoms with Crippen LogP contribution in [0.25, 0.3) is 0 Å². The third-order valence-electron chi connectivity index (χ3n) is 4.22. The van der Waals surface area contributed by atoms with Crippen LogP contribution in [0.1, 0.15) is 35.3 Å². The van der Waals surface area contributed by atoms with E-state index in [0.717, 1.165) is 16.9 Å². The Morgan fingerprint density at radius 2 is 1.59 bits per heavy atom. The first kappa shape index (κ1) is 20.7. The fraction of sp³-hybridized carbons (Fsp3) is 0.208. The Hall–Kier alpha value is -2.98. The maximum Gasteiger partial charge on any atom is 0.251 e. The predicted molar refractivity (Wildman–Crippen MR) is 116 cm³/mol. The molecule has 0 fully saturated rings. The minimum atomic E-state index is -0.134. The fourth-order valence-corrected chi connectivity index (χ4v) is 2.91. The van der Waals surface area contributed by atoms with Gasteiger partial charge in [-0.1, -0.05) is 41.9 Å². The maximum atomic E-state index is 12.4. The third kappa shape index (κ3) is 6.26. The van der Waals surface area contributed by atoms with Gasteiger partial charge in [-0.05, 0) is 61.9 Å². The summed E-state index contributed by atoms with van der Waals surface area (Å²) in [6, 6.07) is 22.3. The fourth-order valence-electron chi connectivity index (χ4n) is 2.72. The summed E-state index contributed by atoms with van der Waals surface area (Å²) in [6.45, 7) is 4.80. The van der Waals surface area contributed by atoms with Gasteiger partial charge in [-0.15, -0.1) is 0 Å². The molecule has 3 aromatic carbocycles. The average Bonchev–Trinajstić information content (AvgIpc) is 2.72. The molecule has 1 N–H and O–H groups in total. The molecule has 0 saturated heterocycles. The van der Waals surface area contributed by atoms with E-state index in [0.29, 0.717) is 29.5 Å². The van der Waals surface area contributed by atoms with Crippen LogP contribution in [-0.2, 0) is 13.2 Å². The molecule has 4 nitrogen and oxygen atoms in total. The lowest BCUT2D eigenvalue weighted by Gasteiger charge is -2.11. The average molecular weight is 410 g/mol. The highest BCUT2D eigenvalue weighted by atomic mass is 35.5. The third-order valence-corrected chi connectivity index (χ3v) is 4.59. The quantitative estimate of drug-likeness (QED) is 0.524. The van der Waals surface area contributed by atoms with Gasteiger partial charge < -0.3 is 14.8 Å². The molecule has 150 valence electrons. The number of hydrogen-bond acceptors (Lipinski definition) is 3. The highest BCUT2D eigenvalue weighted by Crippen LogP contribution is 2.19. The summed E-state index contributed by atoms with van der Waals surface area (Å²) in [5.41, 5.74) is 2.50. The molecule has 0 bridgehead atoms. The molecule has 1 amide bonds. The molecule has 0 unspecified atom stereocenters. The standard InChI is InChI=1S/C24H24ClNO3/c1-17(2)29-22-11-7-18(8-12-22)15-26-24(27)19-9-13-21(14-10-19)28-16-20-5-3-4-6-23(20)25/h3-14,17H,15-16H2,1-2H3,(H,26,27).